The summed E-state index contributed by atoms with van der Waals surface area (Å²) in [4.78, 5) is 12.8. The molecule has 7 nitrogen and oxygen atoms in total. The normalized spacial score (nSPS) is 18.9. The lowest BCUT2D eigenvalue weighted by Crippen LogP contribution is -2.29. The van der Waals surface area contributed by atoms with Crippen LogP contribution in [0.15, 0.2) is 18.2 Å². The lowest BCUT2D eigenvalue weighted by molar-refractivity contribution is -0.384. The van der Waals surface area contributed by atoms with E-state index >= 15 is 0 Å². The second-order valence-electron chi connectivity index (χ2n) is 5.38. The first-order valence-corrected chi connectivity index (χ1v) is 7.24. The number of aliphatic hydroxyl groups is 1. The minimum Gasteiger partial charge on any atom is -0.396 e. The van der Waals surface area contributed by atoms with Crippen molar-refractivity contribution in [1.29, 1.82) is 0 Å². The molecule has 0 saturated carbocycles. The van der Waals surface area contributed by atoms with Gasteiger partial charge in [-0.2, -0.15) is 0 Å². The highest BCUT2D eigenvalue weighted by Crippen LogP contribution is 2.28. The lowest BCUT2D eigenvalue weighted by Gasteiger charge is -2.25. The van der Waals surface area contributed by atoms with E-state index < -0.39 is 4.92 Å². The molecule has 1 heterocycles. The van der Waals surface area contributed by atoms with Gasteiger partial charge >= 0.3 is 0 Å². The number of nitro groups is 1. The number of nitrogens with zero attached hydrogens (tertiary/aromatic N) is 2. The standard InChI is InChI=1S/C14H22N4O3/c15-16-14-6-5-13(18(20)21)9-11(14)10-17-7-1-3-12(17)4-2-8-19/h5-6,9,12,16,19H,1-4,7-8,10,15H2. The molecule has 0 radical (unpaired) electrons. The van der Waals surface area contributed by atoms with Gasteiger partial charge in [0.05, 0.1) is 10.6 Å². The van der Waals surface area contributed by atoms with Crippen LogP contribution in [-0.4, -0.2) is 34.1 Å². The number of hydrogen-bond donors (Lipinski definition) is 3. The number of rotatable bonds is 7. The van der Waals surface area contributed by atoms with E-state index in [0.29, 0.717) is 18.3 Å². The molecule has 4 N–H and O–H groups in total. The Bertz CT molecular complexity index is 495. The average Bonchev–Trinajstić information content (AvgIpc) is 2.92. The monoisotopic (exact) mass is 294 g/mol. The SMILES string of the molecule is NNc1ccc([N+](=O)[O-])cc1CN1CCCC1CCCO. The van der Waals surface area contributed by atoms with Crippen molar-refractivity contribution in [2.75, 3.05) is 18.6 Å². The Hall–Kier alpha value is -1.70. The number of hydrazine groups is 1. The summed E-state index contributed by atoms with van der Waals surface area (Å²) in [6.45, 7) is 1.82. The van der Waals surface area contributed by atoms with Crippen LogP contribution < -0.4 is 11.3 Å². The van der Waals surface area contributed by atoms with Gasteiger partial charge in [0, 0.05) is 31.3 Å². The summed E-state index contributed by atoms with van der Waals surface area (Å²) in [7, 11) is 0. The fourth-order valence-electron chi connectivity index (χ4n) is 2.94. The topological polar surface area (TPSA) is 105 Å². The number of likely N-dealkylation sites (tertiary alicyclic amines) is 1. The fourth-order valence-corrected chi connectivity index (χ4v) is 2.94. The van der Waals surface area contributed by atoms with E-state index in [2.05, 4.69) is 10.3 Å². The highest BCUT2D eigenvalue weighted by atomic mass is 16.6. The van der Waals surface area contributed by atoms with Crippen molar-refractivity contribution in [3.05, 3.63) is 33.9 Å². The molecule has 1 unspecified atom stereocenters. The van der Waals surface area contributed by atoms with Crippen molar-refractivity contribution in [3.8, 4) is 0 Å². The van der Waals surface area contributed by atoms with E-state index in [4.69, 9.17) is 10.9 Å². The zero-order valence-corrected chi connectivity index (χ0v) is 12.0. The number of aliphatic hydroxyl groups excluding tert-OH is 1. The van der Waals surface area contributed by atoms with Crippen LogP contribution in [0.2, 0.25) is 0 Å². The van der Waals surface area contributed by atoms with E-state index in [0.717, 1.165) is 37.8 Å². The van der Waals surface area contributed by atoms with Gasteiger partial charge in [0.15, 0.2) is 0 Å². The predicted octanol–water partition coefficient (Wildman–Crippen LogP) is 1.62. The van der Waals surface area contributed by atoms with E-state index in [1.165, 1.54) is 6.07 Å². The summed E-state index contributed by atoms with van der Waals surface area (Å²) in [6, 6.07) is 5.11. The van der Waals surface area contributed by atoms with Gasteiger partial charge in [0.25, 0.3) is 5.69 Å². The van der Waals surface area contributed by atoms with Gasteiger partial charge in [-0.25, -0.2) is 0 Å². The molecule has 1 aromatic rings. The molecule has 1 atom stereocenters. The molecule has 7 heteroatoms. The van der Waals surface area contributed by atoms with Crippen LogP contribution in [0.3, 0.4) is 0 Å². The first kappa shape index (κ1) is 15.7. The fraction of sp³-hybridized carbons (Fsp3) is 0.571. The maximum Gasteiger partial charge on any atom is 0.269 e. The Morgan fingerprint density at radius 1 is 1.52 bits per heavy atom. The summed E-state index contributed by atoms with van der Waals surface area (Å²) in [5, 5.41) is 19.9. The molecule has 1 fully saturated rings. The molecule has 0 spiro atoms. The van der Waals surface area contributed by atoms with Crippen LogP contribution in [0.4, 0.5) is 11.4 Å². The first-order chi connectivity index (χ1) is 10.2. The van der Waals surface area contributed by atoms with Crippen LogP contribution in [0.5, 0.6) is 0 Å². The second-order valence-corrected chi connectivity index (χ2v) is 5.38. The van der Waals surface area contributed by atoms with Crippen molar-refractivity contribution in [3.63, 3.8) is 0 Å². The third-order valence-electron chi connectivity index (χ3n) is 4.02. The maximum absolute atomic E-state index is 10.9. The van der Waals surface area contributed by atoms with Gasteiger partial charge in [-0.3, -0.25) is 20.9 Å². The van der Waals surface area contributed by atoms with Crippen molar-refractivity contribution in [1.82, 2.24) is 4.90 Å². The summed E-state index contributed by atoms with van der Waals surface area (Å²) in [6.07, 6.45) is 3.98. The van der Waals surface area contributed by atoms with Crippen molar-refractivity contribution >= 4 is 11.4 Å². The van der Waals surface area contributed by atoms with E-state index in [1.54, 1.807) is 12.1 Å². The summed E-state index contributed by atoms with van der Waals surface area (Å²) < 4.78 is 0. The molecule has 1 saturated heterocycles. The summed E-state index contributed by atoms with van der Waals surface area (Å²) in [5.74, 6) is 5.49. The highest BCUT2D eigenvalue weighted by Gasteiger charge is 2.25. The Morgan fingerprint density at radius 3 is 3.00 bits per heavy atom. The van der Waals surface area contributed by atoms with Crippen LogP contribution in [0.25, 0.3) is 0 Å². The molecule has 116 valence electrons. The van der Waals surface area contributed by atoms with Crippen molar-refractivity contribution in [2.24, 2.45) is 5.84 Å². The van der Waals surface area contributed by atoms with Gasteiger partial charge in [0.2, 0.25) is 0 Å². The molecule has 0 amide bonds. The van der Waals surface area contributed by atoms with Crippen molar-refractivity contribution < 1.29 is 10.0 Å². The second kappa shape index (κ2) is 7.35. The third kappa shape index (κ3) is 3.90. The minimum absolute atomic E-state index is 0.0788. The Kier molecular flexibility index (Phi) is 5.49. The molecular formula is C14H22N4O3. The van der Waals surface area contributed by atoms with E-state index in [-0.39, 0.29) is 12.3 Å². The predicted molar refractivity (Wildman–Crippen MR) is 80.7 cm³/mol. The molecular weight excluding hydrogens is 272 g/mol. The molecule has 0 aromatic heterocycles. The maximum atomic E-state index is 10.9. The van der Waals surface area contributed by atoms with E-state index in [9.17, 15) is 10.1 Å². The van der Waals surface area contributed by atoms with Crippen LogP contribution in [0, 0.1) is 10.1 Å². The largest absolute Gasteiger partial charge is 0.396 e. The van der Waals surface area contributed by atoms with Gasteiger partial charge in [-0.05, 0) is 43.9 Å². The molecule has 2 rings (SSSR count). The zero-order chi connectivity index (χ0) is 15.2. The number of nitrogens with one attached hydrogen (secondary N) is 1. The zero-order valence-electron chi connectivity index (χ0n) is 12.0. The smallest absolute Gasteiger partial charge is 0.269 e. The quantitative estimate of drug-likeness (QED) is 0.401. The molecule has 0 aliphatic carbocycles. The van der Waals surface area contributed by atoms with Crippen LogP contribution >= 0.6 is 0 Å². The van der Waals surface area contributed by atoms with Crippen LogP contribution in [0.1, 0.15) is 31.2 Å². The summed E-state index contributed by atoms with van der Waals surface area (Å²) in [5.41, 5.74) is 4.24. The number of benzene rings is 1. The number of nitrogens with two attached hydrogens (primary N) is 1. The number of anilines is 1. The first-order valence-electron chi connectivity index (χ1n) is 7.24. The lowest BCUT2D eigenvalue weighted by atomic mass is 10.1. The molecule has 1 aliphatic heterocycles. The van der Waals surface area contributed by atoms with E-state index in [1.807, 2.05) is 0 Å². The molecule has 1 aliphatic rings. The molecule has 0 bridgehead atoms. The molecule has 21 heavy (non-hydrogen) atoms. The van der Waals surface area contributed by atoms with Crippen molar-refractivity contribution in [2.45, 2.75) is 38.3 Å². The Labute approximate surface area is 123 Å². The Balaban J connectivity index is 2.13. The van der Waals surface area contributed by atoms with Gasteiger partial charge in [-0.1, -0.05) is 0 Å². The Morgan fingerprint density at radius 2 is 2.33 bits per heavy atom. The average molecular weight is 294 g/mol. The van der Waals surface area contributed by atoms with Gasteiger partial charge in [-0.15, -0.1) is 0 Å². The van der Waals surface area contributed by atoms with Crippen LogP contribution in [-0.2, 0) is 6.54 Å². The number of non-ortho nitro benzene ring substituents is 1. The summed E-state index contributed by atoms with van der Waals surface area (Å²) >= 11 is 0. The number of hydrogen-bond acceptors (Lipinski definition) is 6. The van der Waals surface area contributed by atoms with Gasteiger partial charge < -0.3 is 10.5 Å². The minimum atomic E-state index is -0.392. The molecule has 1 aromatic carbocycles. The van der Waals surface area contributed by atoms with Gasteiger partial charge in [0.1, 0.15) is 0 Å². The third-order valence-corrected chi connectivity index (χ3v) is 4.02. The number of nitrogen functional groups attached to an aromatic ring is 1. The highest BCUT2D eigenvalue weighted by molar-refractivity contribution is 5.55. The number of nitro benzene ring substituents is 1.